The third-order valence-corrected chi connectivity index (χ3v) is 3.03. The van der Waals surface area contributed by atoms with Crippen LogP contribution in [0.4, 0.5) is 0 Å². The first-order valence-corrected chi connectivity index (χ1v) is 6.08. The van der Waals surface area contributed by atoms with Gasteiger partial charge in [-0.05, 0) is 0 Å². The van der Waals surface area contributed by atoms with E-state index in [1.165, 1.54) is 0 Å². The fourth-order valence-electron chi connectivity index (χ4n) is 1.59. The highest BCUT2D eigenvalue weighted by Crippen LogP contribution is 2.01. The third-order valence-electron chi connectivity index (χ3n) is 2.41. The van der Waals surface area contributed by atoms with Gasteiger partial charge in [0.2, 0.25) is 10.9 Å². The Balaban J connectivity index is 2.67. The van der Waals surface area contributed by atoms with Crippen LogP contribution in [0.2, 0.25) is 0 Å². The number of benzene rings is 1. The molecule has 0 aromatic heterocycles. The lowest BCUT2D eigenvalue weighted by Crippen LogP contribution is -2.32. The second-order valence-electron chi connectivity index (χ2n) is 3.54. The molecular formula is C12H8BrNO3. The molecule has 0 aliphatic heterocycles. The van der Waals surface area contributed by atoms with Crippen molar-refractivity contribution in [2.75, 3.05) is 11.9 Å². The molecule has 2 aromatic rings. The number of nitrogens with zero attached hydrogens (tertiary/aromatic N) is 1. The molecule has 86 valence electrons. The van der Waals surface area contributed by atoms with Crippen LogP contribution in [0.15, 0.2) is 38.8 Å². The van der Waals surface area contributed by atoms with E-state index in [-0.39, 0.29) is 23.0 Å². The first-order chi connectivity index (χ1) is 8.15. The number of Topliss-reactive ketones (excluding diaryl/α,β-unsaturated/α-hetero) is 1. The molecule has 0 bridgehead atoms. The van der Waals surface area contributed by atoms with E-state index in [4.69, 9.17) is 0 Å². The molecule has 5 heteroatoms. The summed E-state index contributed by atoms with van der Waals surface area (Å²) in [6, 6.07) is 6.56. The lowest BCUT2D eigenvalue weighted by molar-refractivity contribution is -0.115. The van der Waals surface area contributed by atoms with E-state index < -0.39 is 10.9 Å². The van der Waals surface area contributed by atoms with Crippen LogP contribution in [-0.2, 0) is 4.79 Å². The van der Waals surface area contributed by atoms with Gasteiger partial charge in [0.1, 0.15) is 0 Å². The van der Waals surface area contributed by atoms with Crippen molar-refractivity contribution >= 4 is 32.5 Å². The van der Waals surface area contributed by atoms with Crippen LogP contribution >= 0.6 is 15.9 Å². The minimum Gasteiger partial charge on any atom is -0.297 e. The third kappa shape index (κ3) is 2.10. The maximum Gasteiger partial charge on any atom is 0.215 e. The van der Waals surface area contributed by atoms with Gasteiger partial charge >= 0.3 is 0 Å². The van der Waals surface area contributed by atoms with Gasteiger partial charge < -0.3 is 0 Å². The lowest BCUT2D eigenvalue weighted by atomic mass is 10.2. The zero-order valence-corrected chi connectivity index (χ0v) is 10.4. The molecule has 17 heavy (non-hydrogen) atoms. The number of rotatable bonds is 3. The molecule has 0 N–H and O–H groups in total. The Kier molecular flexibility index (Phi) is 3.28. The fraction of sp³-hybridized carbons (Fsp3) is 0.167. The van der Waals surface area contributed by atoms with E-state index in [2.05, 4.69) is 20.9 Å². The molecule has 0 unspecified atom stereocenters. The first-order valence-electron chi connectivity index (χ1n) is 4.95. The van der Waals surface area contributed by atoms with Crippen LogP contribution in [0, 0.1) is 0 Å². The first kappa shape index (κ1) is 11.9. The van der Waals surface area contributed by atoms with Gasteiger partial charge in [0.15, 0.2) is 11.1 Å². The summed E-state index contributed by atoms with van der Waals surface area (Å²) in [6.45, 7) is -0.147. The van der Waals surface area contributed by atoms with Gasteiger partial charge in [-0.25, -0.2) is 0 Å². The van der Waals surface area contributed by atoms with Gasteiger partial charge in [-0.1, -0.05) is 40.2 Å². The van der Waals surface area contributed by atoms with E-state index in [1.54, 1.807) is 24.3 Å². The van der Waals surface area contributed by atoms with Gasteiger partial charge in [0, 0.05) is 10.8 Å². The number of carbonyl (C=O) groups excluding carboxylic acids is 1. The molecule has 0 aliphatic carbocycles. The highest BCUT2D eigenvalue weighted by atomic mass is 79.9. The second-order valence-corrected chi connectivity index (χ2v) is 4.10. The summed E-state index contributed by atoms with van der Waals surface area (Å²) in [4.78, 5) is 38.6. The van der Waals surface area contributed by atoms with Crippen LogP contribution in [0.25, 0.3) is 10.8 Å². The Morgan fingerprint density at radius 3 is 2.12 bits per heavy atom. The number of fused-ring (bicyclic) bond motifs is 1. The van der Waals surface area contributed by atoms with Gasteiger partial charge in [-0.3, -0.25) is 19.4 Å². The maximum absolute atomic E-state index is 11.8. The Hall–Kier alpha value is -1.62. The highest BCUT2D eigenvalue weighted by molar-refractivity contribution is 9.09. The van der Waals surface area contributed by atoms with Crippen molar-refractivity contribution in [2.24, 2.45) is 4.99 Å². The van der Waals surface area contributed by atoms with E-state index >= 15 is 0 Å². The highest BCUT2D eigenvalue weighted by Gasteiger charge is 2.09. The Morgan fingerprint density at radius 2 is 1.65 bits per heavy atom. The van der Waals surface area contributed by atoms with Crippen molar-refractivity contribution in [2.45, 2.75) is 0 Å². The van der Waals surface area contributed by atoms with Gasteiger partial charge in [-0.15, -0.1) is 0 Å². The van der Waals surface area contributed by atoms with Crippen LogP contribution in [0.5, 0.6) is 0 Å². The number of carbonyl (C=O) groups is 1. The van der Waals surface area contributed by atoms with E-state index in [9.17, 15) is 14.4 Å². The summed E-state index contributed by atoms with van der Waals surface area (Å²) < 4.78 is 0. The van der Waals surface area contributed by atoms with Crippen molar-refractivity contribution < 1.29 is 4.79 Å². The SMILES string of the molecule is O=C(CBr)CN=c1c(=O)c2ccccc2c1=O. The zero-order chi connectivity index (χ0) is 12.4. The monoisotopic (exact) mass is 293 g/mol. The predicted octanol–water partition coefficient (Wildman–Crippen LogP) is 0.301. The van der Waals surface area contributed by atoms with Gasteiger partial charge in [-0.2, -0.15) is 0 Å². The summed E-state index contributed by atoms with van der Waals surface area (Å²) >= 11 is 2.99. The van der Waals surface area contributed by atoms with Crippen LogP contribution in [-0.4, -0.2) is 17.7 Å². The van der Waals surface area contributed by atoms with Crippen LogP contribution < -0.4 is 16.2 Å². The minimum absolute atomic E-state index is 0.138. The van der Waals surface area contributed by atoms with Crippen LogP contribution in [0.3, 0.4) is 0 Å². The fourth-order valence-corrected chi connectivity index (χ4v) is 1.77. The lowest BCUT2D eigenvalue weighted by Gasteiger charge is -1.85. The average Bonchev–Trinajstić information content (AvgIpc) is 2.60. The quantitative estimate of drug-likeness (QED) is 0.765. The standard InChI is InChI=1S/C12H8BrNO3/c13-5-7(15)6-14-10-11(16)8-3-1-2-4-9(8)12(10)17/h1-4H,5-6H2. The Labute approximate surface area is 104 Å². The Bertz CT molecular complexity index is 676. The average molecular weight is 294 g/mol. The second kappa shape index (κ2) is 4.71. The van der Waals surface area contributed by atoms with Gasteiger partial charge in [0.25, 0.3) is 0 Å². The van der Waals surface area contributed by atoms with Crippen molar-refractivity contribution in [1.29, 1.82) is 0 Å². The topological polar surface area (TPSA) is 63.6 Å². The summed E-state index contributed by atoms with van der Waals surface area (Å²) in [5.41, 5.74) is -0.791. The molecule has 0 saturated heterocycles. The minimum atomic E-state index is -0.395. The molecule has 4 nitrogen and oxygen atoms in total. The number of ketones is 1. The Morgan fingerprint density at radius 1 is 1.12 bits per heavy atom. The number of alkyl halides is 1. The molecule has 0 atom stereocenters. The zero-order valence-electron chi connectivity index (χ0n) is 8.77. The summed E-state index contributed by atoms with van der Waals surface area (Å²) in [6.07, 6.45) is 0. The molecule has 0 amide bonds. The molecule has 0 heterocycles. The van der Waals surface area contributed by atoms with E-state index in [0.717, 1.165) is 0 Å². The van der Waals surface area contributed by atoms with Crippen molar-refractivity contribution in [3.05, 3.63) is 50.1 Å². The maximum atomic E-state index is 11.8. The molecule has 0 fully saturated rings. The van der Waals surface area contributed by atoms with Crippen LogP contribution in [0.1, 0.15) is 0 Å². The molecule has 0 spiro atoms. The molecule has 2 rings (SSSR count). The summed E-state index contributed by atoms with van der Waals surface area (Å²) in [5.74, 6) is -0.172. The normalized spacial score (nSPS) is 10.6. The smallest absolute Gasteiger partial charge is 0.215 e. The van der Waals surface area contributed by atoms with Gasteiger partial charge in [0.05, 0.1) is 11.9 Å². The molecule has 2 aromatic carbocycles. The predicted molar refractivity (Wildman–Crippen MR) is 68.1 cm³/mol. The van der Waals surface area contributed by atoms with E-state index in [0.29, 0.717) is 10.8 Å². The number of hydrogen-bond donors (Lipinski definition) is 0. The van der Waals surface area contributed by atoms with Crippen molar-refractivity contribution in [1.82, 2.24) is 0 Å². The number of halogens is 1. The van der Waals surface area contributed by atoms with Crippen molar-refractivity contribution in [3.63, 3.8) is 0 Å². The summed E-state index contributed by atoms with van der Waals surface area (Å²) in [5, 5.41) is 0.754. The largest absolute Gasteiger partial charge is 0.297 e. The summed E-state index contributed by atoms with van der Waals surface area (Å²) in [7, 11) is 0. The molecule has 0 radical (unpaired) electrons. The number of hydrogen-bond acceptors (Lipinski definition) is 4. The molecule has 0 aliphatic rings. The molecular weight excluding hydrogens is 286 g/mol. The van der Waals surface area contributed by atoms with Crippen molar-refractivity contribution in [3.8, 4) is 0 Å². The molecule has 0 saturated carbocycles. The van der Waals surface area contributed by atoms with E-state index in [1.807, 2.05) is 0 Å².